The predicted molar refractivity (Wildman–Crippen MR) is 139 cm³/mol. The summed E-state index contributed by atoms with van der Waals surface area (Å²) in [5.41, 5.74) is 5.44. The molecule has 1 fully saturated rings. The first-order chi connectivity index (χ1) is 17.2. The fourth-order valence-electron chi connectivity index (χ4n) is 6.00. The van der Waals surface area contributed by atoms with Crippen LogP contribution >= 0.6 is 12.4 Å². The zero-order valence-corrected chi connectivity index (χ0v) is 20.2. The molecule has 1 atom stereocenters. The number of rotatable bonds is 3. The van der Waals surface area contributed by atoms with Crippen LogP contribution in [0.4, 0.5) is 5.69 Å². The summed E-state index contributed by atoms with van der Waals surface area (Å²) in [7, 11) is 0. The molecule has 1 saturated heterocycles. The number of nitrogens with one attached hydrogen (secondary N) is 1. The molecule has 1 N–H and O–H groups in total. The third-order valence-electron chi connectivity index (χ3n) is 7.58. The van der Waals surface area contributed by atoms with Crippen molar-refractivity contribution in [2.24, 2.45) is 10.9 Å². The largest absolute Gasteiger partial charge is 0.464 e. The van der Waals surface area contributed by atoms with E-state index in [4.69, 9.17) is 14.1 Å². The number of nitrogens with zero attached hydrogens (tertiary/aromatic N) is 2. The summed E-state index contributed by atoms with van der Waals surface area (Å²) in [5.74, 6) is -0.349. The summed E-state index contributed by atoms with van der Waals surface area (Å²) in [6, 6.07) is 13.9. The lowest BCUT2D eigenvalue weighted by atomic mass is 9.89. The molecule has 0 bridgehead atoms. The minimum Gasteiger partial charge on any atom is -0.464 e. The van der Waals surface area contributed by atoms with Gasteiger partial charge in [0, 0.05) is 48.2 Å². The van der Waals surface area contributed by atoms with Crippen molar-refractivity contribution in [1.82, 2.24) is 5.32 Å². The van der Waals surface area contributed by atoms with E-state index in [9.17, 15) is 9.59 Å². The third-order valence-corrected chi connectivity index (χ3v) is 7.58. The van der Waals surface area contributed by atoms with E-state index in [0.29, 0.717) is 34.4 Å². The number of ether oxygens (including phenoxy) is 1. The summed E-state index contributed by atoms with van der Waals surface area (Å²) in [6.07, 6.45) is 8.37. The minimum atomic E-state index is -0.439. The standard InChI is InChI=1S/C28H23N3O4.ClH/c32-27-22(19-5-1-3-17-9-14-35-26(17)19)23(28(33)30-27)24-20-6-2-4-18-15-21(16-7-12-34-13-8-16)31(25(18)20)11-10-29-24;/h1-6,9-11,14,16,21H,7-8,12-13,15H2,(H,30,32,33);1H. The molecule has 0 radical (unpaired) electrons. The van der Waals surface area contributed by atoms with Crippen LogP contribution < -0.4 is 10.2 Å². The highest BCUT2D eigenvalue weighted by Gasteiger charge is 2.41. The Morgan fingerprint density at radius 3 is 2.58 bits per heavy atom. The number of anilines is 1. The van der Waals surface area contributed by atoms with Gasteiger partial charge >= 0.3 is 0 Å². The number of imide groups is 1. The van der Waals surface area contributed by atoms with Gasteiger partial charge in [-0.3, -0.25) is 19.9 Å². The predicted octanol–water partition coefficient (Wildman–Crippen LogP) is 4.40. The smallest absolute Gasteiger partial charge is 0.261 e. The van der Waals surface area contributed by atoms with Crippen molar-refractivity contribution in [2.45, 2.75) is 25.3 Å². The summed E-state index contributed by atoms with van der Waals surface area (Å²) in [6.45, 7) is 1.58. The number of aliphatic imine (C=N–C) groups is 1. The Kier molecular flexibility index (Phi) is 5.54. The molecule has 0 saturated carbocycles. The van der Waals surface area contributed by atoms with Gasteiger partial charge in [0.15, 0.2) is 0 Å². The highest BCUT2D eigenvalue weighted by Crippen LogP contribution is 2.43. The Morgan fingerprint density at radius 2 is 1.72 bits per heavy atom. The number of hydrogen-bond acceptors (Lipinski definition) is 6. The lowest BCUT2D eigenvalue weighted by molar-refractivity contribution is -0.123. The molecule has 2 amide bonds. The van der Waals surface area contributed by atoms with Crippen molar-refractivity contribution in [3.63, 3.8) is 0 Å². The molecule has 1 aromatic heterocycles. The molecular formula is C28H24ClN3O4. The van der Waals surface area contributed by atoms with Crippen molar-refractivity contribution < 1.29 is 18.7 Å². The maximum atomic E-state index is 13.2. The second-order valence-electron chi connectivity index (χ2n) is 9.40. The van der Waals surface area contributed by atoms with E-state index in [0.717, 1.165) is 49.1 Å². The first-order valence-corrected chi connectivity index (χ1v) is 12.0. The van der Waals surface area contributed by atoms with Crippen LogP contribution in [0.5, 0.6) is 0 Å². The lowest BCUT2D eigenvalue weighted by Crippen LogP contribution is -2.37. The highest BCUT2D eigenvalue weighted by atomic mass is 35.5. The van der Waals surface area contributed by atoms with Gasteiger partial charge in [-0.25, -0.2) is 0 Å². The Hall–Kier alpha value is -3.68. The lowest BCUT2D eigenvalue weighted by Gasteiger charge is -2.33. The fraction of sp³-hybridized carbons (Fsp3) is 0.250. The van der Waals surface area contributed by atoms with E-state index in [1.165, 1.54) is 5.56 Å². The number of halogens is 1. The topological polar surface area (TPSA) is 84.1 Å². The Morgan fingerprint density at radius 1 is 0.944 bits per heavy atom. The quantitative estimate of drug-likeness (QED) is 0.538. The number of hydrogen-bond donors (Lipinski definition) is 1. The average molecular weight is 502 g/mol. The van der Waals surface area contributed by atoms with Gasteiger partial charge in [0.1, 0.15) is 5.58 Å². The van der Waals surface area contributed by atoms with Crippen molar-refractivity contribution in [2.75, 3.05) is 18.1 Å². The average Bonchev–Trinajstić information content (AvgIpc) is 3.54. The van der Waals surface area contributed by atoms with Crippen LogP contribution in [0.3, 0.4) is 0 Å². The first kappa shape index (κ1) is 22.8. The number of furan rings is 1. The molecule has 0 aliphatic carbocycles. The molecule has 7 rings (SSSR count). The van der Waals surface area contributed by atoms with Crippen LogP contribution in [0.1, 0.15) is 29.5 Å². The number of carbonyl (C=O) groups excluding carboxylic acids is 2. The van der Waals surface area contributed by atoms with Gasteiger partial charge in [-0.15, -0.1) is 12.4 Å². The van der Waals surface area contributed by atoms with Crippen LogP contribution in [-0.4, -0.2) is 36.8 Å². The van der Waals surface area contributed by atoms with Gasteiger partial charge in [-0.1, -0.05) is 36.4 Å². The maximum absolute atomic E-state index is 13.2. The summed E-state index contributed by atoms with van der Waals surface area (Å²) in [4.78, 5) is 33.3. The molecular weight excluding hydrogens is 478 g/mol. The summed E-state index contributed by atoms with van der Waals surface area (Å²) >= 11 is 0. The first-order valence-electron chi connectivity index (χ1n) is 12.0. The van der Waals surface area contributed by atoms with Crippen molar-refractivity contribution in [3.05, 3.63) is 83.4 Å². The summed E-state index contributed by atoms with van der Waals surface area (Å²) < 4.78 is 11.3. The molecule has 4 aliphatic heterocycles. The van der Waals surface area contributed by atoms with Crippen LogP contribution in [-0.2, 0) is 20.7 Å². The van der Waals surface area contributed by atoms with Crippen LogP contribution in [0.15, 0.2) is 76.1 Å². The highest BCUT2D eigenvalue weighted by molar-refractivity contribution is 6.48. The number of fused-ring (bicyclic) bond motifs is 1. The van der Waals surface area contributed by atoms with Gasteiger partial charge < -0.3 is 14.1 Å². The monoisotopic (exact) mass is 501 g/mol. The van der Waals surface area contributed by atoms with E-state index < -0.39 is 11.8 Å². The second kappa shape index (κ2) is 8.76. The molecule has 182 valence electrons. The molecule has 2 aromatic carbocycles. The SMILES string of the molecule is Cl.O=C1NC(=O)C(c2cccc3ccoc23)=C1C1=NC=CN2c3c(cccc31)CC2C1CCOCC1. The van der Waals surface area contributed by atoms with E-state index in [-0.39, 0.29) is 18.0 Å². The molecule has 36 heavy (non-hydrogen) atoms. The van der Waals surface area contributed by atoms with Crippen LogP contribution in [0.25, 0.3) is 16.5 Å². The molecule has 0 spiro atoms. The van der Waals surface area contributed by atoms with Crippen molar-refractivity contribution >= 4 is 52.2 Å². The fourth-order valence-corrected chi connectivity index (χ4v) is 6.00. The van der Waals surface area contributed by atoms with Crippen molar-refractivity contribution in [1.29, 1.82) is 0 Å². The summed E-state index contributed by atoms with van der Waals surface area (Å²) in [5, 5.41) is 3.37. The Balaban J connectivity index is 0.00000240. The van der Waals surface area contributed by atoms with Gasteiger partial charge in [0.2, 0.25) is 0 Å². The van der Waals surface area contributed by atoms with Crippen LogP contribution in [0, 0.1) is 5.92 Å². The number of benzene rings is 2. The van der Waals surface area contributed by atoms with Gasteiger partial charge in [-0.2, -0.15) is 0 Å². The van der Waals surface area contributed by atoms with E-state index >= 15 is 0 Å². The number of carbonyl (C=O) groups is 2. The molecule has 4 aliphatic rings. The minimum absolute atomic E-state index is 0. The zero-order chi connectivity index (χ0) is 23.5. The van der Waals surface area contributed by atoms with Gasteiger partial charge in [0.25, 0.3) is 11.8 Å². The number of amides is 2. The second-order valence-corrected chi connectivity index (χ2v) is 9.40. The van der Waals surface area contributed by atoms with E-state index in [1.807, 2.05) is 42.6 Å². The normalized spacial score (nSPS) is 21.4. The molecule has 1 unspecified atom stereocenters. The third kappa shape index (κ3) is 3.34. The molecule has 8 heteroatoms. The maximum Gasteiger partial charge on any atom is 0.261 e. The van der Waals surface area contributed by atoms with E-state index in [2.05, 4.69) is 16.3 Å². The van der Waals surface area contributed by atoms with Gasteiger partial charge in [0.05, 0.1) is 28.8 Å². The molecule has 3 aromatic rings. The van der Waals surface area contributed by atoms with E-state index in [1.54, 1.807) is 12.5 Å². The van der Waals surface area contributed by atoms with Crippen molar-refractivity contribution in [3.8, 4) is 0 Å². The zero-order valence-electron chi connectivity index (χ0n) is 19.4. The number of para-hydroxylation sites is 2. The Bertz CT molecular complexity index is 1500. The Labute approximate surface area is 213 Å². The van der Waals surface area contributed by atoms with Crippen LogP contribution in [0.2, 0.25) is 0 Å². The molecule has 7 nitrogen and oxygen atoms in total. The molecule has 5 heterocycles. The van der Waals surface area contributed by atoms with Gasteiger partial charge in [-0.05, 0) is 36.8 Å².